The summed E-state index contributed by atoms with van der Waals surface area (Å²) in [6, 6.07) is 20.5. The third-order valence-corrected chi connectivity index (χ3v) is 14.3. The number of hydrogen-bond acceptors (Lipinski definition) is 9. The highest BCUT2D eigenvalue weighted by Crippen LogP contribution is 2.38. The summed E-state index contributed by atoms with van der Waals surface area (Å²) >= 11 is 1.63. The van der Waals surface area contributed by atoms with Gasteiger partial charge in [0.25, 0.3) is 11.4 Å². The Hall–Kier alpha value is -3.51. The molecular weight excluding hydrogens is 914 g/mol. The summed E-state index contributed by atoms with van der Waals surface area (Å²) in [7, 11) is -3.83. The summed E-state index contributed by atoms with van der Waals surface area (Å²) in [4.78, 5) is 22.0. The van der Waals surface area contributed by atoms with Gasteiger partial charge in [-0.05, 0) is 97.2 Å². The van der Waals surface area contributed by atoms with E-state index in [0.29, 0.717) is 24.8 Å². The Bertz CT molecular complexity index is 2080. The normalized spacial score (nSPS) is 13.3. The van der Waals surface area contributed by atoms with Crippen molar-refractivity contribution in [3.05, 3.63) is 139 Å². The second-order valence-corrected chi connectivity index (χ2v) is 18.0. The van der Waals surface area contributed by atoms with Gasteiger partial charge in [-0.25, -0.2) is 17.2 Å². The van der Waals surface area contributed by atoms with Crippen LogP contribution in [0.1, 0.15) is 101 Å². The molecule has 2 atom stereocenters. The lowest BCUT2D eigenvalue weighted by Gasteiger charge is -2.30. The number of thioether (sulfide) groups is 1. The quantitative estimate of drug-likeness (QED) is 0.0257. The number of benzene rings is 4. The second-order valence-electron chi connectivity index (χ2n) is 15.0. The molecule has 4 rings (SSSR count). The van der Waals surface area contributed by atoms with Gasteiger partial charge in [0.15, 0.2) is 9.84 Å². The smallest absolute Gasteiger partial charge is 0.269 e. The van der Waals surface area contributed by atoms with E-state index in [1.807, 2.05) is 19.9 Å². The van der Waals surface area contributed by atoms with Gasteiger partial charge in [-0.2, -0.15) is 0 Å². The van der Waals surface area contributed by atoms with E-state index in [2.05, 4.69) is 13.8 Å². The maximum Gasteiger partial charge on any atom is 0.269 e. The lowest BCUT2D eigenvalue weighted by molar-refractivity contribution is -0.385. The molecule has 10 nitrogen and oxygen atoms in total. The van der Waals surface area contributed by atoms with Gasteiger partial charge in [0.2, 0.25) is 0 Å². The third-order valence-electron chi connectivity index (χ3n) is 10.7. The zero-order chi connectivity index (χ0) is 42.9. The number of aliphatic hydroxyl groups excluding tert-OH is 2. The van der Waals surface area contributed by atoms with Crippen molar-refractivity contribution in [2.45, 2.75) is 102 Å². The summed E-state index contributed by atoms with van der Waals surface area (Å²) < 4.78 is 54.4. The molecule has 2 N–H and O–H groups in total. The van der Waals surface area contributed by atoms with Gasteiger partial charge < -0.3 is 10.2 Å². The number of nitrogens with zero attached hydrogens (tertiary/aromatic N) is 2. The van der Waals surface area contributed by atoms with Crippen LogP contribution in [0.3, 0.4) is 0 Å². The molecule has 15 heteroatoms. The molecular formula is C44H57F2IN2O8S2. The second kappa shape index (κ2) is 24.7. The van der Waals surface area contributed by atoms with Crippen LogP contribution >= 0.6 is 35.7 Å². The topological polar surface area (TPSA) is 161 Å². The van der Waals surface area contributed by atoms with E-state index in [9.17, 15) is 47.6 Å². The van der Waals surface area contributed by atoms with Crippen LogP contribution in [0.5, 0.6) is 0 Å². The highest BCUT2D eigenvalue weighted by Gasteiger charge is 2.35. The Balaban J connectivity index is 0.000000401. The lowest BCUT2D eigenvalue weighted by atomic mass is 9.83. The summed E-state index contributed by atoms with van der Waals surface area (Å²) in [5.41, 5.74) is 1.37. The lowest BCUT2D eigenvalue weighted by Crippen LogP contribution is -2.34. The Labute approximate surface area is 368 Å². The van der Waals surface area contributed by atoms with Gasteiger partial charge in [-0.1, -0.05) is 77.6 Å². The molecule has 0 saturated carbocycles. The van der Waals surface area contributed by atoms with Gasteiger partial charge in [0.05, 0.1) is 20.5 Å². The number of halogens is 3. The van der Waals surface area contributed by atoms with E-state index in [4.69, 9.17) is 0 Å². The Morgan fingerprint density at radius 1 is 0.678 bits per heavy atom. The highest BCUT2D eigenvalue weighted by molar-refractivity contribution is 14.0. The van der Waals surface area contributed by atoms with Crippen LogP contribution in [0.25, 0.3) is 0 Å². The number of non-ortho nitro benzene ring substituents is 2. The van der Waals surface area contributed by atoms with E-state index in [0.717, 1.165) is 72.4 Å². The first-order valence-corrected chi connectivity index (χ1v) is 22.3. The first-order valence-electron chi connectivity index (χ1n) is 19.7. The number of hydrogen-bond donors (Lipinski definition) is 2. The van der Waals surface area contributed by atoms with Gasteiger partial charge in [0, 0.05) is 59.0 Å². The monoisotopic (exact) mass is 970 g/mol. The molecule has 59 heavy (non-hydrogen) atoms. The van der Waals surface area contributed by atoms with Gasteiger partial charge in [0.1, 0.15) is 11.6 Å². The summed E-state index contributed by atoms with van der Waals surface area (Å²) in [6.45, 7) is 7.99. The molecule has 0 aliphatic heterocycles. The van der Waals surface area contributed by atoms with Crippen molar-refractivity contribution in [2.75, 3.05) is 24.7 Å². The highest BCUT2D eigenvalue weighted by atomic mass is 127. The third kappa shape index (κ3) is 15.5. The zero-order valence-electron chi connectivity index (χ0n) is 34.2. The number of rotatable bonds is 22. The number of nitro groups is 2. The fraction of sp³-hybridized carbons (Fsp3) is 0.455. The van der Waals surface area contributed by atoms with Crippen LogP contribution in [0.4, 0.5) is 20.2 Å². The molecule has 0 saturated heterocycles. The van der Waals surface area contributed by atoms with Crippen LogP contribution in [0.15, 0.2) is 94.7 Å². The molecule has 0 radical (unpaired) electrons. The molecule has 0 heterocycles. The summed E-state index contributed by atoms with van der Waals surface area (Å²) in [5, 5.41) is 42.0. The van der Waals surface area contributed by atoms with E-state index >= 15 is 0 Å². The minimum Gasteiger partial charge on any atom is -0.396 e. The van der Waals surface area contributed by atoms with Crippen LogP contribution < -0.4 is 0 Å². The van der Waals surface area contributed by atoms with Crippen molar-refractivity contribution in [2.24, 2.45) is 10.8 Å². The molecule has 324 valence electrons. The molecule has 0 spiro atoms. The van der Waals surface area contributed by atoms with E-state index in [1.165, 1.54) is 48.5 Å². The number of sulfone groups is 1. The fourth-order valence-corrected chi connectivity index (χ4v) is 10.4. The van der Waals surface area contributed by atoms with Crippen LogP contribution in [0.2, 0.25) is 0 Å². The first-order chi connectivity index (χ1) is 27.6. The van der Waals surface area contributed by atoms with E-state index in [-0.39, 0.29) is 82.4 Å². The molecule has 0 aromatic heterocycles. The fourth-order valence-electron chi connectivity index (χ4n) is 6.81. The van der Waals surface area contributed by atoms with Crippen molar-refractivity contribution in [3.8, 4) is 0 Å². The summed E-state index contributed by atoms with van der Waals surface area (Å²) in [6.07, 6.45) is 7.24. The van der Waals surface area contributed by atoms with Gasteiger partial charge in [-0.15, -0.1) is 35.7 Å². The van der Waals surface area contributed by atoms with Gasteiger partial charge >= 0.3 is 0 Å². The standard InChI is InChI=1S/C22H28FNO5S.C22H28FNO3S.HI/c1-3-5-11-22(4-2,15-25)16-30(28,29)21-10-9-19(23)14-18(21)12-17-7-6-8-20(13-17)24(26)27;1-3-5-11-22(4-2,15-25)16-28-21-10-9-19(23)14-18(21)12-17-7-6-8-20(13-17)24(26)27;/h6-10,13-14,25H,3-5,11-12,15-16H2,1-2H3;6-10,13-14,25H,3-5,11-12,15-16H2,1-2H3;1H/t2*22-;/m00./s1. The first kappa shape index (κ1) is 51.6. The van der Waals surface area contributed by atoms with Crippen LogP contribution in [-0.2, 0) is 22.7 Å². The van der Waals surface area contributed by atoms with Gasteiger partial charge in [-0.3, -0.25) is 20.2 Å². The number of nitro benzene ring substituents is 2. The zero-order valence-corrected chi connectivity index (χ0v) is 38.2. The molecule has 0 fully saturated rings. The van der Waals surface area contributed by atoms with Crippen molar-refractivity contribution in [1.29, 1.82) is 0 Å². The van der Waals surface area contributed by atoms with Crippen LogP contribution in [-0.4, -0.2) is 53.2 Å². The number of aliphatic hydroxyl groups is 2. The Morgan fingerprint density at radius 3 is 1.63 bits per heavy atom. The maximum atomic E-state index is 13.9. The predicted octanol–water partition coefficient (Wildman–Crippen LogP) is 11.3. The average Bonchev–Trinajstić information content (AvgIpc) is 3.20. The Kier molecular flexibility index (Phi) is 21.6. The van der Waals surface area contributed by atoms with Crippen molar-refractivity contribution in [1.82, 2.24) is 0 Å². The van der Waals surface area contributed by atoms with Crippen molar-refractivity contribution < 1.29 is 37.3 Å². The predicted molar refractivity (Wildman–Crippen MR) is 241 cm³/mol. The molecule has 0 aliphatic carbocycles. The van der Waals surface area contributed by atoms with Crippen LogP contribution in [0, 0.1) is 42.7 Å². The average molecular weight is 971 g/mol. The molecule has 4 aromatic rings. The minimum absolute atomic E-state index is 0. The van der Waals surface area contributed by atoms with Crippen molar-refractivity contribution >= 4 is 57.0 Å². The van der Waals surface area contributed by atoms with E-state index in [1.54, 1.807) is 30.0 Å². The number of unbranched alkanes of at least 4 members (excludes halogenated alkanes) is 2. The molecule has 4 aromatic carbocycles. The molecule has 0 bridgehead atoms. The Morgan fingerprint density at radius 2 is 1.15 bits per heavy atom. The summed E-state index contributed by atoms with van der Waals surface area (Å²) in [5.74, 6) is -0.377. The largest absolute Gasteiger partial charge is 0.396 e. The van der Waals surface area contributed by atoms with E-state index < -0.39 is 30.9 Å². The maximum absolute atomic E-state index is 13.9. The molecule has 0 aliphatic rings. The molecule has 0 amide bonds. The SMILES string of the molecule is CCCC[C@@](CC)(CO)CS(=O)(=O)c1ccc(F)cc1Cc1cccc([N+](=O)[O-])c1.CCCC[C@@](CC)(CO)CSc1ccc(F)cc1Cc1cccc([N+](=O)[O-])c1.I. The van der Waals surface area contributed by atoms with Crippen molar-refractivity contribution in [3.63, 3.8) is 0 Å². The molecule has 0 unspecified atom stereocenters. The minimum atomic E-state index is -3.83.